The first-order valence-corrected chi connectivity index (χ1v) is 11.5. The van der Waals surface area contributed by atoms with Gasteiger partial charge >= 0.3 is 0 Å². The van der Waals surface area contributed by atoms with Gasteiger partial charge in [0.25, 0.3) is 5.91 Å². The fourth-order valence-corrected chi connectivity index (χ4v) is 4.31. The number of fused-ring (bicyclic) bond motifs is 1. The van der Waals surface area contributed by atoms with Crippen LogP contribution in [0.1, 0.15) is 22.3 Å². The lowest BCUT2D eigenvalue weighted by Gasteiger charge is -2.17. The summed E-state index contributed by atoms with van der Waals surface area (Å²) in [7, 11) is 0. The number of amides is 3. The minimum absolute atomic E-state index is 0.0802. The second-order valence-corrected chi connectivity index (χ2v) is 8.73. The number of hydrogen-bond donors (Lipinski definition) is 2. The number of nitrogens with one attached hydrogen (secondary N) is 2. The Balaban J connectivity index is 1.24. The van der Waals surface area contributed by atoms with Crippen LogP contribution in [0.4, 0.5) is 11.4 Å². The van der Waals surface area contributed by atoms with E-state index < -0.39 is 5.92 Å². The number of anilines is 2. The van der Waals surface area contributed by atoms with E-state index in [-0.39, 0.29) is 44.0 Å². The molecule has 0 bridgehead atoms. The van der Waals surface area contributed by atoms with Gasteiger partial charge in [-0.1, -0.05) is 35.9 Å². The van der Waals surface area contributed by atoms with E-state index >= 15 is 0 Å². The maximum atomic E-state index is 13.0. The third-order valence-electron chi connectivity index (χ3n) is 5.94. The highest BCUT2D eigenvalue weighted by atomic mass is 35.5. The molecule has 0 unspecified atom stereocenters. The Labute approximate surface area is 206 Å². The first-order valence-electron chi connectivity index (χ1n) is 11.1. The second-order valence-electron chi connectivity index (χ2n) is 8.29. The van der Waals surface area contributed by atoms with Crippen LogP contribution >= 0.6 is 11.6 Å². The van der Waals surface area contributed by atoms with Crippen LogP contribution in [-0.4, -0.2) is 31.1 Å². The lowest BCUT2D eigenvalue weighted by Crippen LogP contribution is -2.29. The molecule has 2 aliphatic heterocycles. The van der Waals surface area contributed by atoms with Gasteiger partial charge in [-0.05, 0) is 48.0 Å². The van der Waals surface area contributed by atoms with Gasteiger partial charge in [-0.15, -0.1) is 0 Å². The summed E-state index contributed by atoms with van der Waals surface area (Å²) >= 11 is 6.05. The third-order valence-corrected chi connectivity index (χ3v) is 6.17. The predicted octanol–water partition coefficient (Wildman–Crippen LogP) is 3.99. The highest BCUT2D eigenvalue weighted by molar-refractivity contribution is 6.31. The van der Waals surface area contributed by atoms with Gasteiger partial charge in [-0.25, -0.2) is 0 Å². The molecule has 1 atom stereocenters. The van der Waals surface area contributed by atoms with Crippen LogP contribution in [0.15, 0.2) is 66.7 Å². The summed E-state index contributed by atoms with van der Waals surface area (Å²) in [5, 5.41) is 6.21. The molecule has 0 saturated carbocycles. The summed E-state index contributed by atoms with van der Waals surface area (Å²) in [6, 6.07) is 19.2. The molecule has 0 radical (unpaired) electrons. The van der Waals surface area contributed by atoms with Crippen molar-refractivity contribution < 1.29 is 23.9 Å². The van der Waals surface area contributed by atoms with E-state index in [1.807, 2.05) is 12.1 Å². The summed E-state index contributed by atoms with van der Waals surface area (Å²) in [4.78, 5) is 40.0. The molecule has 2 aliphatic rings. The number of carbonyl (C=O) groups is 3. The van der Waals surface area contributed by atoms with Crippen LogP contribution in [0.2, 0.25) is 5.02 Å². The van der Waals surface area contributed by atoms with Crippen LogP contribution in [0.25, 0.3) is 0 Å². The molecule has 5 rings (SSSR count). The van der Waals surface area contributed by atoms with E-state index in [0.29, 0.717) is 33.5 Å². The lowest BCUT2D eigenvalue weighted by molar-refractivity contribution is -0.122. The minimum Gasteiger partial charge on any atom is -0.454 e. The average molecular weight is 492 g/mol. The van der Waals surface area contributed by atoms with E-state index in [1.165, 1.54) is 0 Å². The maximum Gasteiger partial charge on any atom is 0.253 e. The van der Waals surface area contributed by atoms with Crippen LogP contribution in [-0.2, 0) is 16.1 Å². The molecule has 0 aromatic heterocycles. The molecule has 9 heteroatoms. The highest BCUT2D eigenvalue weighted by Gasteiger charge is 2.35. The highest BCUT2D eigenvalue weighted by Crippen LogP contribution is 2.32. The Bertz CT molecular complexity index is 1310. The van der Waals surface area contributed by atoms with Crippen molar-refractivity contribution in [3.05, 3.63) is 82.9 Å². The minimum atomic E-state index is -0.550. The quantitative estimate of drug-likeness (QED) is 0.543. The molecule has 3 aromatic carbocycles. The largest absolute Gasteiger partial charge is 0.454 e. The van der Waals surface area contributed by atoms with Crippen molar-refractivity contribution in [1.29, 1.82) is 0 Å². The first kappa shape index (κ1) is 22.7. The molecule has 1 saturated heterocycles. The average Bonchev–Trinajstić information content (AvgIpc) is 3.49. The van der Waals surface area contributed by atoms with E-state index in [9.17, 15) is 14.4 Å². The standard InChI is InChI=1S/C26H22ClN3O5/c27-18-4-3-5-19(12-18)30-14-17(11-24(30)31)25(32)29-21-7-2-1-6-20(21)26(33)28-13-16-8-9-22-23(10-16)35-15-34-22/h1-10,12,17H,11,13-15H2,(H,28,33)(H,29,32)/t17-/m0/s1. The van der Waals surface area contributed by atoms with Crippen LogP contribution in [0.5, 0.6) is 11.5 Å². The number of carbonyl (C=O) groups excluding carboxylic acids is 3. The Kier molecular flexibility index (Phi) is 6.29. The molecule has 35 heavy (non-hydrogen) atoms. The lowest BCUT2D eigenvalue weighted by atomic mass is 10.1. The molecule has 3 aromatic rings. The molecule has 8 nitrogen and oxygen atoms in total. The van der Waals surface area contributed by atoms with Gasteiger partial charge in [-0.3, -0.25) is 14.4 Å². The Hall–Kier alpha value is -4.04. The van der Waals surface area contributed by atoms with Gasteiger partial charge in [0.1, 0.15) is 0 Å². The zero-order chi connectivity index (χ0) is 24.4. The van der Waals surface area contributed by atoms with Gasteiger partial charge in [0, 0.05) is 30.2 Å². The summed E-state index contributed by atoms with van der Waals surface area (Å²) in [5.41, 5.74) is 2.22. The number of para-hydroxylation sites is 1. The van der Waals surface area contributed by atoms with Crippen LogP contribution in [0, 0.1) is 5.92 Å². The second kappa shape index (κ2) is 9.68. The molecule has 2 N–H and O–H groups in total. The van der Waals surface area contributed by atoms with Crippen molar-refractivity contribution in [2.75, 3.05) is 23.6 Å². The predicted molar refractivity (Wildman–Crippen MR) is 131 cm³/mol. The van der Waals surface area contributed by atoms with Gasteiger partial charge in [0.05, 0.1) is 17.2 Å². The third kappa shape index (κ3) is 4.93. The van der Waals surface area contributed by atoms with Crippen molar-refractivity contribution in [2.24, 2.45) is 5.92 Å². The fraction of sp³-hybridized carbons (Fsp3) is 0.192. The molecule has 0 aliphatic carbocycles. The van der Waals surface area contributed by atoms with Crippen molar-refractivity contribution in [3.8, 4) is 11.5 Å². The zero-order valence-electron chi connectivity index (χ0n) is 18.6. The molecule has 178 valence electrons. The van der Waals surface area contributed by atoms with E-state index in [0.717, 1.165) is 5.56 Å². The topological polar surface area (TPSA) is 97.0 Å². The number of benzene rings is 3. The summed E-state index contributed by atoms with van der Waals surface area (Å²) in [6.07, 6.45) is 0.0802. The number of nitrogens with zero attached hydrogens (tertiary/aromatic N) is 1. The fourth-order valence-electron chi connectivity index (χ4n) is 4.13. The van der Waals surface area contributed by atoms with Crippen molar-refractivity contribution >= 4 is 40.7 Å². The summed E-state index contributed by atoms with van der Waals surface area (Å²) in [5.74, 6) is -0.0382. The van der Waals surface area contributed by atoms with Gasteiger partial charge < -0.3 is 25.0 Å². The summed E-state index contributed by atoms with van der Waals surface area (Å²) in [6.45, 7) is 0.703. The first-order chi connectivity index (χ1) is 17.0. The zero-order valence-corrected chi connectivity index (χ0v) is 19.4. The van der Waals surface area contributed by atoms with Crippen molar-refractivity contribution in [2.45, 2.75) is 13.0 Å². The Morgan fingerprint density at radius 2 is 1.83 bits per heavy atom. The Morgan fingerprint density at radius 1 is 1.00 bits per heavy atom. The molecule has 1 fully saturated rings. The van der Waals surface area contributed by atoms with Crippen molar-refractivity contribution in [1.82, 2.24) is 5.32 Å². The molecule has 3 amide bonds. The van der Waals surface area contributed by atoms with Gasteiger partial charge in [0.15, 0.2) is 11.5 Å². The van der Waals surface area contributed by atoms with Gasteiger partial charge in [-0.2, -0.15) is 0 Å². The molecule has 0 spiro atoms. The number of hydrogen-bond acceptors (Lipinski definition) is 5. The smallest absolute Gasteiger partial charge is 0.253 e. The molecule has 2 heterocycles. The number of halogens is 1. The normalized spacial score (nSPS) is 16.3. The van der Waals surface area contributed by atoms with E-state index in [2.05, 4.69) is 10.6 Å². The maximum absolute atomic E-state index is 13.0. The monoisotopic (exact) mass is 491 g/mol. The summed E-state index contributed by atoms with van der Waals surface area (Å²) < 4.78 is 10.7. The number of ether oxygens (including phenoxy) is 2. The molecular formula is C26H22ClN3O5. The van der Waals surface area contributed by atoms with E-state index in [4.69, 9.17) is 21.1 Å². The van der Waals surface area contributed by atoms with Crippen molar-refractivity contribution in [3.63, 3.8) is 0 Å². The van der Waals surface area contributed by atoms with Crippen LogP contribution in [0.3, 0.4) is 0 Å². The van der Waals surface area contributed by atoms with Crippen LogP contribution < -0.4 is 25.0 Å². The van der Waals surface area contributed by atoms with Gasteiger partial charge in [0.2, 0.25) is 18.6 Å². The van der Waals surface area contributed by atoms with E-state index in [1.54, 1.807) is 59.5 Å². The molecular weight excluding hydrogens is 470 g/mol. The Morgan fingerprint density at radius 3 is 2.69 bits per heavy atom. The number of rotatable bonds is 6. The SMILES string of the molecule is O=C(NCc1ccc2c(c1)OCO2)c1ccccc1NC(=O)[C@H]1CC(=O)N(c2cccc(Cl)c2)C1.